The molecule has 3 nitrogen and oxygen atoms in total. The van der Waals surface area contributed by atoms with Gasteiger partial charge >= 0.3 is 5.97 Å². The van der Waals surface area contributed by atoms with Crippen LogP contribution in [0.15, 0.2) is 0 Å². The first kappa shape index (κ1) is 14.8. The number of hydrogen-bond donors (Lipinski definition) is 0. The zero-order valence-corrected chi connectivity index (χ0v) is 12.8. The van der Waals surface area contributed by atoms with Crippen LogP contribution in [0.3, 0.4) is 0 Å². The predicted molar refractivity (Wildman–Crippen MR) is 74.8 cm³/mol. The number of rotatable bonds is 5. The highest BCUT2D eigenvalue weighted by atomic mass is 16.6. The van der Waals surface area contributed by atoms with Gasteiger partial charge in [0, 0.05) is 18.4 Å². The highest BCUT2D eigenvalue weighted by Crippen LogP contribution is 2.45. The normalized spacial score (nSPS) is 30.4. The second-order valence-electron chi connectivity index (χ2n) is 7.18. The first-order chi connectivity index (χ1) is 8.91. The zero-order valence-electron chi connectivity index (χ0n) is 12.8. The molecule has 2 aliphatic rings. The highest BCUT2D eigenvalue weighted by molar-refractivity contribution is 5.73. The Morgan fingerprint density at radius 1 is 1.21 bits per heavy atom. The quantitative estimate of drug-likeness (QED) is 0.715. The summed E-state index contributed by atoms with van der Waals surface area (Å²) in [4.78, 5) is 12.0. The summed E-state index contributed by atoms with van der Waals surface area (Å²) in [7, 11) is 0. The van der Waals surface area contributed by atoms with Gasteiger partial charge in [0.1, 0.15) is 6.10 Å². The fraction of sp³-hybridized carbons (Fsp3) is 0.938. The second kappa shape index (κ2) is 5.82. The van der Waals surface area contributed by atoms with E-state index in [-0.39, 0.29) is 29.5 Å². The van der Waals surface area contributed by atoms with E-state index in [0.717, 1.165) is 25.9 Å². The van der Waals surface area contributed by atoms with Crippen LogP contribution < -0.4 is 0 Å². The summed E-state index contributed by atoms with van der Waals surface area (Å²) >= 11 is 0. The number of ether oxygens (including phenoxy) is 2. The molecule has 0 N–H and O–H groups in total. The molecule has 0 radical (unpaired) electrons. The minimum atomic E-state index is -0.0385. The van der Waals surface area contributed by atoms with E-state index in [2.05, 4.69) is 27.7 Å². The summed E-state index contributed by atoms with van der Waals surface area (Å²) < 4.78 is 11.6. The van der Waals surface area contributed by atoms with Gasteiger partial charge in [-0.15, -0.1) is 0 Å². The molecule has 0 aliphatic heterocycles. The number of esters is 1. The Morgan fingerprint density at radius 3 is 2.37 bits per heavy atom. The maximum absolute atomic E-state index is 12.0. The molecule has 0 heterocycles. The van der Waals surface area contributed by atoms with Crippen molar-refractivity contribution in [3.05, 3.63) is 0 Å². The maximum atomic E-state index is 12.0. The fourth-order valence-corrected chi connectivity index (χ4v) is 3.04. The van der Waals surface area contributed by atoms with Gasteiger partial charge in [-0.2, -0.15) is 0 Å². The maximum Gasteiger partial charge on any atom is 0.309 e. The van der Waals surface area contributed by atoms with Gasteiger partial charge in [0.2, 0.25) is 0 Å². The number of carbonyl (C=O) groups excluding carboxylic acids is 1. The largest absolute Gasteiger partial charge is 0.461 e. The molecule has 2 aliphatic carbocycles. The third kappa shape index (κ3) is 3.31. The summed E-state index contributed by atoms with van der Waals surface area (Å²) in [5.41, 5.74) is -0.0385. The molecule has 0 aromatic heterocycles. The smallest absolute Gasteiger partial charge is 0.309 e. The van der Waals surface area contributed by atoms with Crippen molar-refractivity contribution >= 4 is 5.97 Å². The number of carbonyl (C=O) groups is 1. The van der Waals surface area contributed by atoms with Gasteiger partial charge < -0.3 is 9.47 Å². The monoisotopic (exact) mass is 268 g/mol. The molecule has 0 saturated heterocycles. The van der Waals surface area contributed by atoms with Gasteiger partial charge in [-0.25, -0.2) is 0 Å². The van der Waals surface area contributed by atoms with Crippen molar-refractivity contribution in [2.75, 3.05) is 6.61 Å². The van der Waals surface area contributed by atoms with E-state index >= 15 is 0 Å². The van der Waals surface area contributed by atoms with E-state index in [1.165, 1.54) is 12.8 Å². The van der Waals surface area contributed by atoms with Crippen molar-refractivity contribution in [2.24, 2.45) is 17.3 Å². The molecule has 0 unspecified atom stereocenters. The average Bonchev–Trinajstić information content (AvgIpc) is 2.85. The van der Waals surface area contributed by atoms with Crippen LogP contribution in [0.25, 0.3) is 0 Å². The summed E-state index contributed by atoms with van der Waals surface area (Å²) in [5.74, 6) is 0.736. The number of hydrogen-bond acceptors (Lipinski definition) is 3. The van der Waals surface area contributed by atoms with Crippen LogP contribution >= 0.6 is 0 Å². The molecule has 0 bridgehead atoms. The third-order valence-electron chi connectivity index (χ3n) is 4.67. The third-order valence-corrected chi connectivity index (χ3v) is 4.67. The van der Waals surface area contributed by atoms with Crippen LogP contribution in [-0.2, 0) is 14.3 Å². The van der Waals surface area contributed by atoms with Gasteiger partial charge in [-0.1, -0.05) is 40.5 Å². The highest BCUT2D eigenvalue weighted by Gasteiger charge is 2.52. The lowest BCUT2D eigenvalue weighted by atomic mass is 9.66. The van der Waals surface area contributed by atoms with Gasteiger partial charge in [-0.05, 0) is 18.8 Å². The van der Waals surface area contributed by atoms with Crippen LogP contribution in [0.5, 0.6) is 0 Å². The molecule has 2 rings (SSSR count). The summed E-state index contributed by atoms with van der Waals surface area (Å²) in [6.45, 7) is 9.39. The zero-order chi connectivity index (χ0) is 14.0. The van der Waals surface area contributed by atoms with Crippen LogP contribution in [-0.4, -0.2) is 24.8 Å². The van der Waals surface area contributed by atoms with Crippen LogP contribution in [0, 0.1) is 17.3 Å². The molecule has 0 spiro atoms. The minimum absolute atomic E-state index is 0.0258. The first-order valence-electron chi connectivity index (χ1n) is 7.73. The lowest BCUT2D eigenvalue weighted by Gasteiger charge is -2.50. The molecule has 110 valence electrons. The molecular weight excluding hydrogens is 240 g/mol. The standard InChI is InChI=1S/C16H28O3/c1-11(2)10-18-13-9-14(16(13,3)4)19-15(17)12-7-5-6-8-12/h11-14H,5-10H2,1-4H3/t13-,14+/m1/s1. The molecule has 0 amide bonds. The predicted octanol–water partition coefficient (Wildman–Crippen LogP) is 3.56. The van der Waals surface area contributed by atoms with Crippen molar-refractivity contribution in [2.45, 2.75) is 72.0 Å². The Kier molecular flexibility index (Phi) is 4.54. The van der Waals surface area contributed by atoms with Gasteiger partial charge in [0.25, 0.3) is 0 Å². The topological polar surface area (TPSA) is 35.5 Å². The lowest BCUT2D eigenvalue weighted by molar-refractivity contribution is -0.208. The fourth-order valence-electron chi connectivity index (χ4n) is 3.04. The molecule has 2 saturated carbocycles. The molecule has 3 heteroatoms. The van der Waals surface area contributed by atoms with Gasteiger partial charge in [0.15, 0.2) is 0 Å². The molecule has 0 aromatic rings. The van der Waals surface area contributed by atoms with Crippen LogP contribution in [0.1, 0.15) is 59.8 Å². The Labute approximate surface area is 117 Å². The van der Waals surface area contributed by atoms with Crippen LogP contribution in [0.2, 0.25) is 0 Å². The Morgan fingerprint density at radius 2 is 1.84 bits per heavy atom. The molecule has 0 aromatic carbocycles. The van der Waals surface area contributed by atoms with E-state index in [1.54, 1.807) is 0 Å². The van der Waals surface area contributed by atoms with Gasteiger partial charge in [-0.3, -0.25) is 4.79 Å². The van der Waals surface area contributed by atoms with Crippen molar-refractivity contribution < 1.29 is 14.3 Å². The summed E-state index contributed by atoms with van der Waals surface area (Å²) in [5, 5.41) is 0. The van der Waals surface area contributed by atoms with Crippen molar-refractivity contribution in [3.8, 4) is 0 Å². The van der Waals surface area contributed by atoms with E-state index in [9.17, 15) is 4.79 Å². The Hall–Kier alpha value is -0.570. The van der Waals surface area contributed by atoms with Crippen molar-refractivity contribution in [1.82, 2.24) is 0 Å². The van der Waals surface area contributed by atoms with Crippen LogP contribution in [0.4, 0.5) is 0 Å². The van der Waals surface area contributed by atoms with E-state index < -0.39 is 0 Å². The summed E-state index contributed by atoms with van der Waals surface area (Å²) in [6, 6.07) is 0. The first-order valence-corrected chi connectivity index (χ1v) is 7.73. The Bertz CT molecular complexity index is 316. The van der Waals surface area contributed by atoms with E-state index in [1.807, 2.05) is 0 Å². The van der Waals surface area contributed by atoms with E-state index in [0.29, 0.717) is 5.92 Å². The van der Waals surface area contributed by atoms with Crippen molar-refractivity contribution in [3.63, 3.8) is 0 Å². The van der Waals surface area contributed by atoms with Crippen molar-refractivity contribution in [1.29, 1.82) is 0 Å². The molecule has 2 atom stereocenters. The van der Waals surface area contributed by atoms with Gasteiger partial charge in [0.05, 0.1) is 12.0 Å². The molecular formula is C16H28O3. The lowest BCUT2D eigenvalue weighted by Crippen LogP contribution is -2.56. The SMILES string of the molecule is CC(C)CO[C@@H]1C[C@H](OC(=O)C2CCCC2)C1(C)C. The molecule has 19 heavy (non-hydrogen) atoms. The Balaban J connectivity index is 1.78. The van der Waals surface area contributed by atoms with E-state index in [4.69, 9.17) is 9.47 Å². The summed E-state index contributed by atoms with van der Waals surface area (Å²) in [6.07, 6.45) is 5.51. The second-order valence-corrected chi connectivity index (χ2v) is 7.18. The average molecular weight is 268 g/mol. The molecule has 2 fully saturated rings. The minimum Gasteiger partial charge on any atom is -0.461 e.